The molecule has 0 heterocycles. The van der Waals surface area contributed by atoms with Crippen molar-refractivity contribution in [2.75, 3.05) is 0 Å². The quantitative estimate of drug-likeness (QED) is 0.649. The molecule has 2 nitrogen and oxygen atoms in total. The third kappa shape index (κ3) is 4.35. The lowest BCUT2D eigenvalue weighted by atomic mass is 9.99. The lowest BCUT2D eigenvalue weighted by Gasteiger charge is -2.16. The van der Waals surface area contributed by atoms with Crippen LogP contribution in [0, 0.1) is 6.92 Å². The molecule has 0 aliphatic heterocycles. The van der Waals surface area contributed by atoms with Crippen molar-refractivity contribution in [2.24, 2.45) is 5.84 Å². The molecule has 0 aromatic heterocycles. The van der Waals surface area contributed by atoms with E-state index in [1.165, 1.54) is 16.7 Å². The van der Waals surface area contributed by atoms with E-state index in [2.05, 4.69) is 36.6 Å². The summed E-state index contributed by atoms with van der Waals surface area (Å²) < 4.78 is 0. The molecule has 0 aliphatic carbocycles. The Morgan fingerprint density at radius 1 is 0.947 bits per heavy atom. The highest BCUT2D eigenvalue weighted by Gasteiger charge is 2.08. The van der Waals surface area contributed by atoms with Crippen molar-refractivity contribution in [3.05, 3.63) is 70.2 Å². The van der Waals surface area contributed by atoms with Gasteiger partial charge in [0.1, 0.15) is 0 Å². The predicted octanol–water partition coefficient (Wildman–Crippen LogP) is 3.27. The van der Waals surface area contributed by atoms with Gasteiger partial charge in [0.15, 0.2) is 0 Å². The van der Waals surface area contributed by atoms with Crippen LogP contribution in [0.15, 0.2) is 48.5 Å². The molecule has 1 unspecified atom stereocenters. The van der Waals surface area contributed by atoms with E-state index in [1.807, 2.05) is 24.3 Å². The molecular weight excluding hydrogens is 256 g/mol. The first-order valence-electron chi connectivity index (χ1n) is 6.43. The molecule has 0 fully saturated rings. The molecule has 0 saturated carbocycles. The van der Waals surface area contributed by atoms with Crippen LogP contribution in [0.25, 0.3) is 0 Å². The van der Waals surface area contributed by atoms with Gasteiger partial charge in [-0.2, -0.15) is 0 Å². The Morgan fingerprint density at radius 3 is 1.89 bits per heavy atom. The number of aryl methyl sites for hydroxylation is 1. The number of nitrogens with one attached hydrogen (secondary N) is 1. The Morgan fingerprint density at radius 2 is 1.42 bits per heavy atom. The molecule has 0 spiro atoms. The molecule has 2 rings (SSSR count). The van der Waals surface area contributed by atoms with E-state index in [-0.39, 0.29) is 6.04 Å². The standard InChI is InChI=1S/C16H19ClN2/c1-12-2-4-13(5-3-12)10-16(19-18)11-14-6-8-15(17)9-7-14/h2-9,16,19H,10-11,18H2,1H3. The molecule has 2 aromatic rings. The van der Waals surface area contributed by atoms with E-state index in [9.17, 15) is 0 Å². The Bertz CT molecular complexity index is 458. The normalized spacial score (nSPS) is 12.4. The molecule has 3 N–H and O–H groups in total. The molecule has 0 radical (unpaired) electrons. The molecule has 0 saturated heterocycles. The van der Waals surface area contributed by atoms with Crippen LogP contribution in [0.5, 0.6) is 0 Å². The van der Waals surface area contributed by atoms with Crippen molar-refractivity contribution in [1.29, 1.82) is 0 Å². The second kappa shape index (κ2) is 6.71. The summed E-state index contributed by atoms with van der Waals surface area (Å²) in [5.74, 6) is 5.65. The van der Waals surface area contributed by atoms with Crippen molar-refractivity contribution >= 4 is 11.6 Å². The van der Waals surface area contributed by atoms with E-state index in [1.54, 1.807) is 0 Å². The van der Waals surface area contributed by atoms with Gasteiger partial charge in [-0.15, -0.1) is 0 Å². The number of hydrazine groups is 1. The first-order valence-corrected chi connectivity index (χ1v) is 6.81. The minimum absolute atomic E-state index is 0.226. The van der Waals surface area contributed by atoms with Gasteiger partial charge < -0.3 is 0 Å². The lowest BCUT2D eigenvalue weighted by Crippen LogP contribution is -2.38. The fourth-order valence-electron chi connectivity index (χ4n) is 2.10. The molecule has 1 atom stereocenters. The van der Waals surface area contributed by atoms with Gasteiger partial charge >= 0.3 is 0 Å². The minimum atomic E-state index is 0.226. The number of halogens is 1. The minimum Gasteiger partial charge on any atom is -0.271 e. The molecule has 0 aliphatic rings. The smallest absolute Gasteiger partial charge is 0.0406 e. The van der Waals surface area contributed by atoms with E-state index in [4.69, 9.17) is 17.4 Å². The zero-order chi connectivity index (χ0) is 13.7. The van der Waals surface area contributed by atoms with Gasteiger partial charge in [0.25, 0.3) is 0 Å². The van der Waals surface area contributed by atoms with Crippen LogP contribution in [0.1, 0.15) is 16.7 Å². The third-order valence-corrected chi connectivity index (χ3v) is 3.49. The number of benzene rings is 2. The monoisotopic (exact) mass is 274 g/mol. The Hall–Kier alpha value is -1.35. The van der Waals surface area contributed by atoms with Crippen molar-refractivity contribution in [3.8, 4) is 0 Å². The average Bonchev–Trinajstić information content (AvgIpc) is 2.43. The van der Waals surface area contributed by atoms with Crippen molar-refractivity contribution in [1.82, 2.24) is 5.43 Å². The van der Waals surface area contributed by atoms with Crippen molar-refractivity contribution < 1.29 is 0 Å². The molecule has 3 heteroatoms. The highest BCUT2D eigenvalue weighted by atomic mass is 35.5. The third-order valence-electron chi connectivity index (χ3n) is 3.23. The summed E-state index contributed by atoms with van der Waals surface area (Å²) in [6.07, 6.45) is 1.81. The molecule has 100 valence electrons. The second-order valence-corrected chi connectivity index (χ2v) is 5.32. The van der Waals surface area contributed by atoms with Crippen LogP contribution in [0.2, 0.25) is 5.02 Å². The highest BCUT2D eigenvalue weighted by molar-refractivity contribution is 6.30. The molecule has 0 amide bonds. The largest absolute Gasteiger partial charge is 0.271 e. The van der Waals surface area contributed by atoms with Crippen LogP contribution >= 0.6 is 11.6 Å². The van der Waals surface area contributed by atoms with Crippen molar-refractivity contribution in [2.45, 2.75) is 25.8 Å². The van der Waals surface area contributed by atoms with E-state index >= 15 is 0 Å². The number of hydrogen-bond donors (Lipinski definition) is 2. The Kier molecular flexibility index (Phi) is 4.97. The summed E-state index contributed by atoms with van der Waals surface area (Å²) in [7, 11) is 0. The summed E-state index contributed by atoms with van der Waals surface area (Å²) in [6.45, 7) is 2.09. The number of nitrogens with two attached hydrogens (primary N) is 1. The molecule has 19 heavy (non-hydrogen) atoms. The van der Waals surface area contributed by atoms with Crippen LogP contribution in [0.3, 0.4) is 0 Å². The molecular formula is C16H19ClN2. The van der Waals surface area contributed by atoms with E-state index < -0.39 is 0 Å². The molecule has 0 bridgehead atoms. The summed E-state index contributed by atoms with van der Waals surface area (Å²) in [5, 5.41) is 0.763. The Labute approximate surface area is 119 Å². The maximum atomic E-state index is 5.89. The maximum absolute atomic E-state index is 5.89. The van der Waals surface area contributed by atoms with E-state index in [0.717, 1.165) is 17.9 Å². The van der Waals surface area contributed by atoms with Gasteiger partial charge in [-0.05, 0) is 43.0 Å². The van der Waals surface area contributed by atoms with E-state index in [0.29, 0.717) is 0 Å². The summed E-state index contributed by atoms with van der Waals surface area (Å²) in [5.41, 5.74) is 6.70. The predicted molar refractivity (Wildman–Crippen MR) is 81.2 cm³/mol. The second-order valence-electron chi connectivity index (χ2n) is 4.88. The van der Waals surface area contributed by atoms with Gasteiger partial charge in [-0.3, -0.25) is 11.3 Å². The fourth-order valence-corrected chi connectivity index (χ4v) is 2.23. The highest BCUT2D eigenvalue weighted by Crippen LogP contribution is 2.13. The maximum Gasteiger partial charge on any atom is 0.0406 e. The summed E-state index contributed by atoms with van der Waals surface area (Å²) in [6, 6.07) is 16.7. The molecule has 2 aromatic carbocycles. The lowest BCUT2D eigenvalue weighted by molar-refractivity contribution is 0.522. The summed E-state index contributed by atoms with van der Waals surface area (Å²) >= 11 is 5.89. The van der Waals surface area contributed by atoms with Gasteiger partial charge in [0.2, 0.25) is 0 Å². The van der Waals surface area contributed by atoms with Gasteiger partial charge in [-0.1, -0.05) is 53.6 Å². The SMILES string of the molecule is Cc1ccc(CC(Cc2ccc(Cl)cc2)NN)cc1. The van der Waals surface area contributed by atoms with Crippen LogP contribution in [0.4, 0.5) is 0 Å². The zero-order valence-corrected chi connectivity index (χ0v) is 11.8. The fraction of sp³-hybridized carbons (Fsp3) is 0.250. The van der Waals surface area contributed by atoms with Crippen LogP contribution in [-0.2, 0) is 12.8 Å². The first kappa shape index (κ1) is 14.1. The van der Waals surface area contributed by atoms with Crippen LogP contribution < -0.4 is 11.3 Å². The van der Waals surface area contributed by atoms with Crippen molar-refractivity contribution in [3.63, 3.8) is 0 Å². The van der Waals surface area contributed by atoms with Gasteiger partial charge in [0.05, 0.1) is 0 Å². The summed E-state index contributed by atoms with van der Waals surface area (Å²) in [4.78, 5) is 0. The zero-order valence-electron chi connectivity index (χ0n) is 11.1. The van der Waals surface area contributed by atoms with Gasteiger partial charge in [-0.25, -0.2) is 0 Å². The first-order chi connectivity index (χ1) is 9.17. The Balaban J connectivity index is 2.00. The van der Waals surface area contributed by atoms with Gasteiger partial charge in [0, 0.05) is 11.1 Å². The number of rotatable bonds is 5. The average molecular weight is 275 g/mol. The van der Waals surface area contributed by atoms with Crippen LogP contribution in [-0.4, -0.2) is 6.04 Å². The topological polar surface area (TPSA) is 38.0 Å². The number of hydrogen-bond acceptors (Lipinski definition) is 2.